The number of ether oxygens (including phenoxy) is 2. The van der Waals surface area contributed by atoms with Crippen molar-refractivity contribution in [2.45, 2.75) is 6.42 Å². The lowest BCUT2D eigenvalue weighted by Gasteiger charge is -2.19. The molecule has 19 heavy (non-hydrogen) atoms. The Labute approximate surface area is 112 Å². The molecule has 3 rings (SSSR count). The smallest absolute Gasteiger partial charge is 0.251 e. The number of benzene rings is 1. The van der Waals surface area contributed by atoms with Crippen molar-refractivity contribution in [3.8, 4) is 11.5 Å². The van der Waals surface area contributed by atoms with Crippen molar-refractivity contribution in [1.29, 1.82) is 0 Å². The van der Waals surface area contributed by atoms with E-state index < -0.39 is 0 Å². The number of nitrogens with one attached hydrogen (secondary N) is 2. The molecule has 2 heterocycles. The zero-order valence-electron chi connectivity index (χ0n) is 10.8. The van der Waals surface area contributed by atoms with Gasteiger partial charge in [0.05, 0.1) is 0 Å². The van der Waals surface area contributed by atoms with E-state index in [1.54, 1.807) is 18.2 Å². The zero-order valence-corrected chi connectivity index (χ0v) is 10.8. The number of fused-ring (bicyclic) bond motifs is 1. The van der Waals surface area contributed by atoms with Gasteiger partial charge in [0, 0.05) is 12.1 Å². The second kappa shape index (κ2) is 5.48. The van der Waals surface area contributed by atoms with Crippen LogP contribution in [0.1, 0.15) is 16.8 Å². The summed E-state index contributed by atoms with van der Waals surface area (Å²) < 4.78 is 10.9. The Morgan fingerprint density at radius 1 is 1.32 bits per heavy atom. The predicted molar refractivity (Wildman–Crippen MR) is 70.7 cm³/mol. The molecule has 0 aliphatic carbocycles. The largest absolute Gasteiger partial charge is 0.486 e. The van der Waals surface area contributed by atoms with Gasteiger partial charge in [-0.3, -0.25) is 4.79 Å². The second-order valence-corrected chi connectivity index (χ2v) is 4.93. The third-order valence-electron chi connectivity index (χ3n) is 3.52. The predicted octanol–water partition coefficient (Wildman–Crippen LogP) is 0.797. The topological polar surface area (TPSA) is 59.6 Å². The summed E-state index contributed by atoms with van der Waals surface area (Å²) in [5.41, 5.74) is 0.621. The standard InChI is InChI=1S/C14H18N2O3/c17-14(16-9-10-3-4-15-8-10)11-1-2-12-13(7-11)19-6-5-18-12/h1-2,7,10,15H,3-6,8-9H2,(H,16,17)/t10-/m0/s1. The van der Waals surface area contributed by atoms with Crippen molar-refractivity contribution in [2.24, 2.45) is 5.92 Å². The van der Waals surface area contributed by atoms with E-state index in [-0.39, 0.29) is 5.91 Å². The van der Waals surface area contributed by atoms with Gasteiger partial charge in [0.1, 0.15) is 13.2 Å². The Morgan fingerprint density at radius 2 is 2.16 bits per heavy atom. The minimum absolute atomic E-state index is 0.0520. The molecule has 1 saturated heterocycles. The summed E-state index contributed by atoms with van der Waals surface area (Å²) in [5.74, 6) is 1.86. The highest BCUT2D eigenvalue weighted by molar-refractivity contribution is 5.94. The molecule has 1 atom stereocenters. The van der Waals surface area contributed by atoms with Crippen LogP contribution in [0.25, 0.3) is 0 Å². The minimum Gasteiger partial charge on any atom is -0.486 e. The molecule has 1 aromatic carbocycles. The lowest BCUT2D eigenvalue weighted by Crippen LogP contribution is -2.30. The number of carbonyl (C=O) groups excluding carboxylic acids is 1. The Hall–Kier alpha value is -1.75. The van der Waals surface area contributed by atoms with E-state index in [2.05, 4.69) is 10.6 Å². The molecule has 0 radical (unpaired) electrons. The van der Waals surface area contributed by atoms with Crippen molar-refractivity contribution >= 4 is 5.91 Å². The first-order valence-corrected chi connectivity index (χ1v) is 6.71. The van der Waals surface area contributed by atoms with Gasteiger partial charge in [-0.1, -0.05) is 0 Å². The monoisotopic (exact) mass is 262 g/mol. The molecule has 1 amide bonds. The van der Waals surface area contributed by atoms with Crippen molar-refractivity contribution < 1.29 is 14.3 Å². The van der Waals surface area contributed by atoms with Gasteiger partial charge in [-0.2, -0.15) is 0 Å². The van der Waals surface area contributed by atoms with Gasteiger partial charge < -0.3 is 20.1 Å². The van der Waals surface area contributed by atoms with Crippen molar-refractivity contribution in [1.82, 2.24) is 10.6 Å². The first-order chi connectivity index (χ1) is 9.33. The van der Waals surface area contributed by atoms with E-state index in [0.29, 0.717) is 36.2 Å². The lowest BCUT2D eigenvalue weighted by atomic mass is 10.1. The van der Waals surface area contributed by atoms with Gasteiger partial charge in [0.2, 0.25) is 0 Å². The Morgan fingerprint density at radius 3 is 2.95 bits per heavy atom. The maximum absolute atomic E-state index is 12.1. The van der Waals surface area contributed by atoms with Crippen LogP contribution in [0.4, 0.5) is 0 Å². The first-order valence-electron chi connectivity index (χ1n) is 6.71. The van der Waals surface area contributed by atoms with E-state index in [1.165, 1.54) is 0 Å². The molecule has 2 aliphatic heterocycles. The molecule has 1 aromatic rings. The summed E-state index contributed by atoms with van der Waals surface area (Å²) in [6, 6.07) is 5.31. The highest BCUT2D eigenvalue weighted by Gasteiger charge is 2.17. The van der Waals surface area contributed by atoms with E-state index in [4.69, 9.17) is 9.47 Å². The Kier molecular flexibility index (Phi) is 3.55. The number of hydrogen-bond donors (Lipinski definition) is 2. The number of amides is 1. The molecule has 0 saturated carbocycles. The summed E-state index contributed by atoms with van der Waals surface area (Å²) in [6.45, 7) is 3.85. The van der Waals surface area contributed by atoms with E-state index in [1.807, 2.05) is 0 Å². The summed E-state index contributed by atoms with van der Waals surface area (Å²) in [7, 11) is 0. The van der Waals surface area contributed by atoms with Crippen LogP contribution < -0.4 is 20.1 Å². The van der Waals surface area contributed by atoms with Crippen LogP contribution in [0.5, 0.6) is 11.5 Å². The average molecular weight is 262 g/mol. The third kappa shape index (κ3) is 2.81. The molecule has 0 aromatic heterocycles. The fourth-order valence-corrected chi connectivity index (χ4v) is 2.41. The average Bonchev–Trinajstić information content (AvgIpc) is 2.97. The molecular weight excluding hydrogens is 244 g/mol. The SMILES string of the molecule is O=C(NC[C@H]1CCNC1)c1ccc2c(c1)OCCO2. The van der Waals surface area contributed by atoms with E-state index in [9.17, 15) is 4.79 Å². The van der Waals surface area contributed by atoms with Crippen LogP contribution in [0, 0.1) is 5.92 Å². The van der Waals surface area contributed by atoms with Crippen LogP contribution in [0.15, 0.2) is 18.2 Å². The van der Waals surface area contributed by atoms with Gasteiger partial charge in [-0.25, -0.2) is 0 Å². The molecule has 2 aliphatic rings. The molecule has 5 heteroatoms. The van der Waals surface area contributed by atoms with Crippen molar-refractivity contribution in [3.05, 3.63) is 23.8 Å². The summed E-state index contributed by atoms with van der Waals surface area (Å²) in [4.78, 5) is 12.1. The molecule has 102 valence electrons. The minimum atomic E-state index is -0.0520. The van der Waals surface area contributed by atoms with E-state index in [0.717, 1.165) is 26.1 Å². The van der Waals surface area contributed by atoms with Crippen LogP contribution in [-0.4, -0.2) is 38.8 Å². The summed E-state index contributed by atoms with van der Waals surface area (Å²) in [5, 5.41) is 6.26. The second-order valence-electron chi connectivity index (χ2n) is 4.93. The highest BCUT2D eigenvalue weighted by atomic mass is 16.6. The number of hydrogen-bond acceptors (Lipinski definition) is 4. The molecule has 0 spiro atoms. The molecular formula is C14H18N2O3. The fourth-order valence-electron chi connectivity index (χ4n) is 2.41. The quantitative estimate of drug-likeness (QED) is 0.846. The zero-order chi connectivity index (χ0) is 13.1. The molecule has 5 nitrogen and oxygen atoms in total. The maximum atomic E-state index is 12.1. The van der Waals surface area contributed by atoms with Crippen LogP contribution in [-0.2, 0) is 0 Å². The van der Waals surface area contributed by atoms with Crippen LogP contribution >= 0.6 is 0 Å². The highest BCUT2D eigenvalue weighted by Crippen LogP contribution is 2.30. The Bertz CT molecular complexity index is 470. The van der Waals surface area contributed by atoms with Crippen molar-refractivity contribution in [3.63, 3.8) is 0 Å². The number of rotatable bonds is 3. The van der Waals surface area contributed by atoms with Gasteiger partial charge >= 0.3 is 0 Å². The van der Waals surface area contributed by atoms with Crippen LogP contribution in [0.3, 0.4) is 0 Å². The molecule has 2 N–H and O–H groups in total. The van der Waals surface area contributed by atoms with Gasteiger partial charge in [-0.15, -0.1) is 0 Å². The summed E-state index contributed by atoms with van der Waals surface area (Å²) >= 11 is 0. The van der Waals surface area contributed by atoms with Crippen LogP contribution in [0.2, 0.25) is 0 Å². The first kappa shape index (κ1) is 12.3. The maximum Gasteiger partial charge on any atom is 0.251 e. The molecule has 0 unspecified atom stereocenters. The van der Waals surface area contributed by atoms with E-state index >= 15 is 0 Å². The van der Waals surface area contributed by atoms with Gasteiger partial charge in [-0.05, 0) is 43.6 Å². The van der Waals surface area contributed by atoms with Gasteiger partial charge in [0.25, 0.3) is 5.91 Å². The third-order valence-corrected chi connectivity index (χ3v) is 3.52. The molecule has 0 bridgehead atoms. The fraction of sp³-hybridized carbons (Fsp3) is 0.500. The van der Waals surface area contributed by atoms with Gasteiger partial charge in [0.15, 0.2) is 11.5 Å². The van der Waals surface area contributed by atoms with Crippen molar-refractivity contribution in [2.75, 3.05) is 32.8 Å². The Balaban J connectivity index is 1.62. The normalized spacial score (nSPS) is 21.2. The lowest BCUT2D eigenvalue weighted by molar-refractivity contribution is 0.0947. The summed E-state index contributed by atoms with van der Waals surface area (Å²) in [6.07, 6.45) is 1.13. The number of carbonyl (C=O) groups is 1. The molecule has 1 fully saturated rings.